The summed E-state index contributed by atoms with van der Waals surface area (Å²) in [5.74, 6) is 0.972. The van der Waals surface area contributed by atoms with Crippen LogP contribution in [-0.2, 0) is 6.42 Å². The third-order valence-electron chi connectivity index (χ3n) is 3.31. The maximum Gasteiger partial charge on any atom is 0.123 e. The molecule has 100 valence electrons. The van der Waals surface area contributed by atoms with Gasteiger partial charge < -0.3 is 10.1 Å². The molecule has 0 aromatic heterocycles. The Hall–Kier alpha value is -1.99. The normalized spacial score (nSPS) is 16.1. The average Bonchev–Trinajstić information content (AvgIpc) is 2.87. The predicted molar refractivity (Wildman–Crippen MR) is 81.9 cm³/mol. The summed E-state index contributed by atoms with van der Waals surface area (Å²) in [7, 11) is 0. The van der Waals surface area contributed by atoms with Gasteiger partial charge in [0, 0.05) is 16.6 Å². The Morgan fingerprint density at radius 2 is 2.05 bits per heavy atom. The molecule has 1 unspecified atom stereocenters. The number of halogens is 1. The molecule has 1 N–H and O–H groups in total. The van der Waals surface area contributed by atoms with Crippen molar-refractivity contribution in [3.63, 3.8) is 0 Å². The van der Waals surface area contributed by atoms with Crippen molar-refractivity contribution in [1.82, 2.24) is 0 Å². The number of nitriles is 1. The zero-order valence-electron chi connectivity index (χ0n) is 10.8. The highest BCUT2D eigenvalue weighted by Crippen LogP contribution is 2.31. The van der Waals surface area contributed by atoms with Gasteiger partial charge in [-0.3, -0.25) is 0 Å². The number of nitrogens with one attached hydrogen (secondary N) is 1. The van der Waals surface area contributed by atoms with Gasteiger partial charge in [0.25, 0.3) is 0 Å². The van der Waals surface area contributed by atoms with Crippen LogP contribution in [0, 0.1) is 11.3 Å². The summed E-state index contributed by atoms with van der Waals surface area (Å²) in [5, 5.41) is 12.1. The van der Waals surface area contributed by atoms with Gasteiger partial charge in [0.05, 0.1) is 18.2 Å². The first kappa shape index (κ1) is 13.0. The molecule has 1 aliphatic rings. The lowest BCUT2D eigenvalue weighted by Gasteiger charge is -2.12. The van der Waals surface area contributed by atoms with Gasteiger partial charge in [-0.25, -0.2) is 0 Å². The van der Waals surface area contributed by atoms with Crippen LogP contribution in [0.5, 0.6) is 5.75 Å². The molecule has 3 rings (SSSR count). The Bertz CT molecular complexity index is 661. The second kappa shape index (κ2) is 5.56. The van der Waals surface area contributed by atoms with Gasteiger partial charge in [-0.05, 0) is 48.0 Å². The van der Waals surface area contributed by atoms with E-state index < -0.39 is 0 Å². The lowest BCUT2D eigenvalue weighted by Crippen LogP contribution is -2.23. The van der Waals surface area contributed by atoms with Crippen LogP contribution in [0.4, 0.5) is 5.69 Å². The van der Waals surface area contributed by atoms with Crippen LogP contribution in [0.3, 0.4) is 0 Å². The highest BCUT2D eigenvalue weighted by Gasteiger charge is 2.22. The van der Waals surface area contributed by atoms with Crippen LogP contribution in [-0.4, -0.2) is 12.6 Å². The molecular formula is C16H13BrN2O. The van der Waals surface area contributed by atoms with E-state index in [9.17, 15) is 0 Å². The number of hydrogen-bond donors (Lipinski definition) is 1. The van der Waals surface area contributed by atoms with Gasteiger partial charge >= 0.3 is 0 Å². The fourth-order valence-electron chi connectivity index (χ4n) is 2.30. The first-order valence-electron chi connectivity index (χ1n) is 6.44. The topological polar surface area (TPSA) is 45.0 Å². The number of anilines is 1. The average molecular weight is 329 g/mol. The van der Waals surface area contributed by atoms with E-state index in [1.54, 1.807) is 0 Å². The second-order valence-corrected chi connectivity index (χ2v) is 5.68. The van der Waals surface area contributed by atoms with E-state index >= 15 is 0 Å². The lowest BCUT2D eigenvalue weighted by molar-refractivity contribution is 0.246. The summed E-state index contributed by atoms with van der Waals surface area (Å²) >= 11 is 3.48. The molecule has 0 bridgehead atoms. The van der Waals surface area contributed by atoms with Crippen LogP contribution < -0.4 is 10.1 Å². The van der Waals surface area contributed by atoms with E-state index in [-0.39, 0.29) is 6.10 Å². The van der Waals surface area contributed by atoms with Crippen molar-refractivity contribution in [2.24, 2.45) is 0 Å². The standard InChI is InChI=1S/C16H13BrN2O/c17-13-3-6-16-12(7-13)8-15(20-16)10-19-14-4-1-11(9-18)2-5-14/h1-7,15,19H,8,10H2. The fourth-order valence-corrected chi connectivity index (χ4v) is 2.71. The molecule has 1 heterocycles. The lowest BCUT2D eigenvalue weighted by atomic mass is 10.1. The molecule has 0 saturated heterocycles. The monoisotopic (exact) mass is 328 g/mol. The number of ether oxygens (including phenoxy) is 1. The van der Waals surface area contributed by atoms with Crippen LogP contribution in [0.1, 0.15) is 11.1 Å². The SMILES string of the molecule is N#Cc1ccc(NCC2Cc3cc(Br)ccc3O2)cc1. The summed E-state index contributed by atoms with van der Waals surface area (Å²) in [5.41, 5.74) is 2.92. The number of nitrogens with zero attached hydrogens (tertiary/aromatic N) is 1. The van der Waals surface area contributed by atoms with E-state index in [4.69, 9.17) is 10.00 Å². The maximum atomic E-state index is 8.76. The van der Waals surface area contributed by atoms with Crippen molar-refractivity contribution in [3.05, 3.63) is 58.1 Å². The highest BCUT2D eigenvalue weighted by molar-refractivity contribution is 9.10. The van der Waals surface area contributed by atoms with E-state index in [0.717, 1.165) is 28.9 Å². The van der Waals surface area contributed by atoms with Gasteiger partial charge in [0.1, 0.15) is 11.9 Å². The van der Waals surface area contributed by atoms with Crippen molar-refractivity contribution in [2.45, 2.75) is 12.5 Å². The first-order valence-corrected chi connectivity index (χ1v) is 7.23. The molecular weight excluding hydrogens is 316 g/mol. The number of benzene rings is 2. The Labute approximate surface area is 126 Å². The summed E-state index contributed by atoms with van der Waals surface area (Å²) in [6.45, 7) is 0.748. The van der Waals surface area contributed by atoms with Gasteiger partial charge in [0.15, 0.2) is 0 Å². The number of fused-ring (bicyclic) bond motifs is 1. The van der Waals surface area contributed by atoms with Crippen molar-refractivity contribution in [3.8, 4) is 11.8 Å². The molecule has 0 saturated carbocycles. The van der Waals surface area contributed by atoms with Gasteiger partial charge in [0.2, 0.25) is 0 Å². The largest absolute Gasteiger partial charge is 0.488 e. The summed E-state index contributed by atoms with van der Waals surface area (Å²) in [6.07, 6.45) is 1.06. The van der Waals surface area contributed by atoms with Crippen molar-refractivity contribution >= 4 is 21.6 Å². The number of rotatable bonds is 3. The van der Waals surface area contributed by atoms with E-state index in [2.05, 4.69) is 33.4 Å². The second-order valence-electron chi connectivity index (χ2n) is 4.77. The fraction of sp³-hybridized carbons (Fsp3) is 0.188. The predicted octanol–water partition coefficient (Wildman–Crippen LogP) is 3.74. The first-order chi connectivity index (χ1) is 9.74. The third-order valence-corrected chi connectivity index (χ3v) is 3.80. The molecule has 0 radical (unpaired) electrons. The molecule has 2 aromatic carbocycles. The molecule has 0 spiro atoms. The minimum atomic E-state index is 0.148. The van der Waals surface area contributed by atoms with E-state index in [0.29, 0.717) is 5.56 Å². The maximum absolute atomic E-state index is 8.76. The highest BCUT2D eigenvalue weighted by atomic mass is 79.9. The Kier molecular flexibility index (Phi) is 3.62. The van der Waals surface area contributed by atoms with Gasteiger partial charge in [-0.1, -0.05) is 15.9 Å². The molecule has 1 atom stereocenters. The van der Waals surface area contributed by atoms with Crippen LogP contribution in [0.25, 0.3) is 0 Å². The smallest absolute Gasteiger partial charge is 0.123 e. The zero-order valence-corrected chi connectivity index (χ0v) is 12.4. The molecule has 2 aromatic rings. The zero-order chi connectivity index (χ0) is 13.9. The summed E-state index contributed by atoms with van der Waals surface area (Å²) in [6, 6.07) is 15.7. The minimum Gasteiger partial charge on any atom is -0.488 e. The third kappa shape index (κ3) is 2.78. The minimum absolute atomic E-state index is 0.148. The Balaban J connectivity index is 1.59. The van der Waals surface area contributed by atoms with E-state index in [1.807, 2.05) is 36.4 Å². The van der Waals surface area contributed by atoms with E-state index in [1.165, 1.54) is 5.56 Å². The molecule has 0 fully saturated rings. The Morgan fingerprint density at radius 3 is 2.80 bits per heavy atom. The summed E-state index contributed by atoms with van der Waals surface area (Å²) < 4.78 is 6.98. The molecule has 1 aliphatic heterocycles. The summed E-state index contributed by atoms with van der Waals surface area (Å²) in [4.78, 5) is 0. The van der Waals surface area contributed by atoms with Crippen LogP contribution in [0.2, 0.25) is 0 Å². The van der Waals surface area contributed by atoms with Crippen LogP contribution in [0.15, 0.2) is 46.9 Å². The van der Waals surface area contributed by atoms with Gasteiger partial charge in [-0.15, -0.1) is 0 Å². The molecule has 0 aliphatic carbocycles. The van der Waals surface area contributed by atoms with Crippen LogP contribution >= 0.6 is 15.9 Å². The number of hydrogen-bond acceptors (Lipinski definition) is 3. The molecule has 0 amide bonds. The Morgan fingerprint density at radius 1 is 1.25 bits per heavy atom. The van der Waals surface area contributed by atoms with Crippen molar-refractivity contribution in [1.29, 1.82) is 5.26 Å². The molecule has 4 heteroatoms. The van der Waals surface area contributed by atoms with Gasteiger partial charge in [-0.2, -0.15) is 5.26 Å². The van der Waals surface area contributed by atoms with Crippen molar-refractivity contribution < 1.29 is 4.74 Å². The van der Waals surface area contributed by atoms with Crippen molar-refractivity contribution in [2.75, 3.05) is 11.9 Å². The quantitative estimate of drug-likeness (QED) is 0.933. The molecule has 20 heavy (non-hydrogen) atoms. The molecule has 3 nitrogen and oxygen atoms in total.